The summed E-state index contributed by atoms with van der Waals surface area (Å²) in [4.78, 5) is 17.4. The number of hydrazone groups is 1. The average Bonchev–Trinajstić information content (AvgIpc) is 3.27. The van der Waals surface area contributed by atoms with Crippen molar-refractivity contribution in [1.29, 1.82) is 0 Å². The molecule has 4 rings (SSSR count). The molecule has 1 aromatic heterocycles. The highest BCUT2D eigenvalue weighted by atomic mass is 16.2. The van der Waals surface area contributed by atoms with Crippen LogP contribution in [0.15, 0.2) is 29.6 Å². The van der Waals surface area contributed by atoms with Crippen LogP contribution >= 0.6 is 0 Å². The van der Waals surface area contributed by atoms with Crippen molar-refractivity contribution in [3.8, 4) is 0 Å². The lowest BCUT2D eigenvalue weighted by molar-refractivity contribution is 0.118. The number of amides is 2. The minimum absolute atomic E-state index is 0.0324. The van der Waals surface area contributed by atoms with Crippen molar-refractivity contribution in [3.05, 3.63) is 30.1 Å². The molecule has 1 aliphatic heterocycles. The first-order valence-corrected chi connectivity index (χ1v) is 10.9. The van der Waals surface area contributed by atoms with Gasteiger partial charge in [0.05, 0.1) is 6.54 Å². The van der Waals surface area contributed by atoms with E-state index in [1.54, 1.807) is 11.2 Å². The highest BCUT2D eigenvalue weighted by Crippen LogP contribution is 2.65. The highest BCUT2D eigenvalue weighted by Gasteiger charge is 2.61. The quantitative estimate of drug-likeness (QED) is 0.783. The third-order valence-electron chi connectivity index (χ3n) is 8.21. The molecule has 2 amide bonds. The topological polar surface area (TPSA) is 57.6 Å². The lowest BCUT2D eigenvalue weighted by Crippen LogP contribution is -2.50. The summed E-state index contributed by atoms with van der Waals surface area (Å²) in [6.07, 6.45) is 10.5. The van der Waals surface area contributed by atoms with Crippen LogP contribution in [0.25, 0.3) is 0 Å². The SMILES string of the molecule is CCCCC1=NN(C(=O)N[C@H]2CC3CCC2(C)C3(C)C)CC1c1cccnc1. The Kier molecular flexibility index (Phi) is 4.96. The van der Waals surface area contributed by atoms with E-state index in [0.29, 0.717) is 17.9 Å². The largest absolute Gasteiger partial charge is 0.338 e. The molecule has 2 heterocycles. The molecule has 2 fully saturated rings. The van der Waals surface area contributed by atoms with Crippen LogP contribution in [-0.2, 0) is 0 Å². The molecule has 1 N–H and O–H groups in total. The van der Waals surface area contributed by atoms with Gasteiger partial charge < -0.3 is 5.32 Å². The number of nitrogens with one attached hydrogen (secondary N) is 1. The van der Waals surface area contributed by atoms with Gasteiger partial charge in [-0.25, -0.2) is 9.80 Å². The molecule has 1 aromatic rings. The second-order valence-corrected chi connectivity index (χ2v) is 9.73. The number of urea groups is 1. The van der Waals surface area contributed by atoms with Crippen LogP contribution in [0.1, 0.15) is 77.7 Å². The average molecular weight is 383 g/mol. The zero-order valence-electron chi connectivity index (χ0n) is 17.7. The molecule has 0 saturated heterocycles. The molecule has 4 atom stereocenters. The van der Waals surface area contributed by atoms with Gasteiger partial charge >= 0.3 is 6.03 Å². The minimum Gasteiger partial charge on any atom is -0.333 e. The van der Waals surface area contributed by atoms with Gasteiger partial charge in [-0.1, -0.05) is 40.2 Å². The number of pyridine rings is 1. The summed E-state index contributed by atoms with van der Waals surface area (Å²) >= 11 is 0. The van der Waals surface area contributed by atoms with E-state index in [2.05, 4.69) is 44.1 Å². The lowest BCUT2D eigenvalue weighted by atomic mass is 9.69. The van der Waals surface area contributed by atoms with Gasteiger partial charge in [-0.2, -0.15) is 5.10 Å². The first-order valence-electron chi connectivity index (χ1n) is 10.9. The first-order chi connectivity index (χ1) is 13.4. The molecule has 2 aliphatic carbocycles. The molecule has 0 radical (unpaired) electrons. The number of hydrogen-bond acceptors (Lipinski definition) is 3. The molecule has 0 spiro atoms. The second-order valence-electron chi connectivity index (χ2n) is 9.73. The normalized spacial score (nSPS) is 33.2. The number of carbonyl (C=O) groups is 1. The maximum atomic E-state index is 13.1. The standard InChI is InChI=1S/C23H34N4O/c1-5-6-9-19-18(16-8-7-12-24-14-16)15-27(26-19)21(28)25-20-13-17-10-11-23(20,4)22(17,2)3/h7-8,12,14,17-18,20H,5-6,9-11,13,15H2,1-4H3,(H,25,28)/t17?,18?,20-,23?/m0/s1. The molecule has 3 unspecified atom stereocenters. The van der Waals surface area contributed by atoms with Crippen LogP contribution in [0.5, 0.6) is 0 Å². The number of hydrogen-bond donors (Lipinski definition) is 1. The maximum Gasteiger partial charge on any atom is 0.338 e. The Hall–Kier alpha value is -1.91. The second kappa shape index (κ2) is 7.16. The van der Waals surface area contributed by atoms with Gasteiger partial charge in [0.15, 0.2) is 0 Å². The third kappa shape index (κ3) is 3.03. The number of fused-ring (bicyclic) bond motifs is 2. The summed E-state index contributed by atoms with van der Waals surface area (Å²) in [5.41, 5.74) is 2.75. The molecule has 2 saturated carbocycles. The van der Waals surface area contributed by atoms with E-state index in [9.17, 15) is 4.79 Å². The fourth-order valence-corrected chi connectivity index (χ4v) is 5.78. The molecule has 28 heavy (non-hydrogen) atoms. The Morgan fingerprint density at radius 3 is 2.79 bits per heavy atom. The number of carbonyl (C=O) groups excluding carboxylic acids is 1. The van der Waals surface area contributed by atoms with Gasteiger partial charge in [0.1, 0.15) is 0 Å². The zero-order chi connectivity index (χ0) is 19.9. The van der Waals surface area contributed by atoms with Crippen molar-refractivity contribution in [1.82, 2.24) is 15.3 Å². The smallest absolute Gasteiger partial charge is 0.333 e. The van der Waals surface area contributed by atoms with Crippen molar-refractivity contribution < 1.29 is 4.79 Å². The van der Waals surface area contributed by atoms with Crippen molar-refractivity contribution in [3.63, 3.8) is 0 Å². The van der Waals surface area contributed by atoms with Gasteiger partial charge in [0.2, 0.25) is 0 Å². The molecular weight excluding hydrogens is 348 g/mol. The monoisotopic (exact) mass is 382 g/mol. The van der Waals surface area contributed by atoms with Crippen LogP contribution in [-0.4, -0.2) is 34.3 Å². The summed E-state index contributed by atoms with van der Waals surface area (Å²) in [7, 11) is 0. The maximum absolute atomic E-state index is 13.1. The van der Waals surface area contributed by atoms with Crippen molar-refractivity contribution >= 4 is 11.7 Å². The Balaban J connectivity index is 1.48. The van der Waals surface area contributed by atoms with Gasteiger partial charge in [0.25, 0.3) is 0 Å². The van der Waals surface area contributed by atoms with Crippen LogP contribution in [0.4, 0.5) is 4.79 Å². The van der Waals surface area contributed by atoms with Gasteiger partial charge in [0, 0.05) is 30.1 Å². The first kappa shape index (κ1) is 19.4. The Morgan fingerprint density at radius 1 is 1.36 bits per heavy atom. The molecule has 5 nitrogen and oxygen atoms in total. The van der Waals surface area contributed by atoms with Gasteiger partial charge in [-0.15, -0.1) is 0 Å². The lowest BCUT2D eigenvalue weighted by Gasteiger charge is -2.39. The molecule has 152 valence electrons. The number of aromatic nitrogens is 1. The van der Waals surface area contributed by atoms with Crippen LogP contribution < -0.4 is 5.32 Å². The number of unbranched alkanes of at least 4 members (excludes halogenated alkanes) is 1. The molecule has 3 aliphatic rings. The van der Waals surface area contributed by atoms with Crippen LogP contribution in [0.3, 0.4) is 0 Å². The van der Waals surface area contributed by atoms with Crippen molar-refractivity contribution in [2.75, 3.05) is 6.54 Å². The Labute approximate surface area is 169 Å². The van der Waals surface area contributed by atoms with E-state index < -0.39 is 0 Å². The summed E-state index contributed by atoms with van der Waals surface area (Å²) in [6.45, 7) is 9.94. The van der Waals surface area contributed by atoms with Gasteiger partial charge in [-0.3, -0.25) is 4.98 Å². The minimum atomic E-state index is -0.0324. The number of nitrogens with zero attached hydrogens (tertiary/aromatic N) is 3. The Bertz CT molecular complexity index is 759. The van der Waals surface area contributed by atoms with Crippen LogP contribution in [0.2, 0.25) is 0 Å². The van der Waals surface area contributed by atoms with E-state index in [0.717, 1.165) is 37.0 Å². The van der Waals surface area contributed by atoms with E-state index >= 15 is 0 Å². The molecule has 5 heteroatoms. The predicted molar refractivity (Wildman–Crippen MR) is 112 cm³/mol. The van der Waals surface area contributed by atoms with E-state index in [-0.39, 0.29) is 23.4 Å². The third-order valence-corrected chi connectivity index (χ3v) is 8.21. The molecule has 0 aromatic carbocycles. The zero-order valence-corrected chi connectivity index (χ0v) is 17.7. The number of rotatable bonds is 5. The van der Waals surface area contributed by atoms with E-state index in [1.807, 2.05) is 12.3 Å². The molecular formula is C23H34N4O. The molecule has 2 bridgehead atoms. The predicted octanol–water partition coefficient (Wildman–Crippen LogP) is 4.95. The summed E-state index contributed by atoms with van der Waals surface area (Å²) < 4.78 is 0. The summed E-state index contributed by atoms with van der Waals surface area (Å²) in [5.74, 6) is 0.881. The van der Waals surface area contributed by atoms with Crippen molar-refractivity contribution in [2.45, 2.75) is 78.2 Å². The van der Waals surface area contributed by atoms with Crippen LogP contribution in [0, 0.1) is 16.7 Å². The van der Waals surface area contributed by atoms with E-state index in [4.69, 9.17) is 5.10 Å². The summed E-state index contributed by atoms with van der Waals surface area (Å²) in [5, 5.41) is 9.79. The van der Waals surface area contributed by atoms with Crippen molar-refractivity contribution in [2.24, 2.45) is 21.8 Å². The van der Waals surface area contributed by atoms with E-state index in [1.165, 1.54) is 12.8 Å². The fraction of sp³-hybridized carbons (Fsp3) is 0.696. The fourth-order valence-electron chi connectivity index (χ4n) is 5.78. The summed E-state index contributed by atoms with van der Waals surface area (Å²) in [6, 6.07) is 4.28. The van der Waals surface area contributed by atoms with Gasteiger partial charge in [-0.05, 0) is 60.5 Å². The highest BCUT2D eigenvalue weighted by molar-refractivity contribution is 5.94. The Morgan fingerprint density at radius 2 is 2.18 bits per heavy atom.